The molecule has 3 aromatic rings. The molecule has 1 aliphatic rings. The zero-order valence-corrected chi connectivity index (χ0v) is 20.0. The smallest absolute Gasteiger partial charge is 0.407 e. The summed E-state index contributed by atoms with van der Waals surface area (Å²) in [6.45, 7) is 6.90. The Balaban J connectivity index is 0.00000361. The number of aromatic nitrogens is 1. The minimum absolute atomic E-state index is 0. The molecule has 1 saturated heterocycles. The van der Waals surface area contributed by atoms with Gasteiger partial charge in [0.2, 0.25) is 0 Å². The maximum Gasteiger partial charge on any atom is 0.407 e. The van der Waals surface area contributed by atoms with Gasteiger partial charge in [0.15, 0.2) is 0 Å². The van der Waals surface area contributed by atoms with Gasteiger partial charge >= 0.3 is 6.09 Å². The van der Waals surface area contributed by atoms with Crippen molar-refractivity contribution < 1.29 is 20.1 Å². The van der Waals surface area contributed by atoms with Gasteiger partial charge in [0.05, 0.1) is 17.9 Å². The first kappa shape index (κ1) is 24.2. The lowest BCUT2D eigenvalue weighted by Crippen LogP contribution is -2.40. The van der Waals surface area contributed by atoms with Crippen LogP contribution in [-0.2, 0) is 4.74 Å². The van der Waals surface area contributed by atoms with Crippen molar-refractivity contribution in [2.24, 2.45) is 0 Å². The van der Waals surface area contributed by atoms with Crippen LogP contribution in [0.3, 0.4) is 0 Å². The Kier molecular flexibility index (Phi) is 7.00. The molecule has 2 aromatic carbocycles. The molecule has 2 amide bonds. The van der Waals surface area contributed by atoms with Crippen molar-refractivity contribution in [2.45, 2.75) is 38.8 Å². The molecule has 1 aliphatic heterocycles. The molecule has 2 heterocycles. The van der Waals surface area contributed by atoms with Crippen LogP contribution in [0.15, 0.2) is 66.9 Å². The molecule has 7 nitrogen and oxygen atoms in total. The number of benzene rings is 2. The Morgan fingerprint density at radius 1 is 1.03 bits per heavy atom. The third kappa shape index (κ3) is 6.56. The van der Waals surface area contributed by atoms with Crippen LogP contribution in [0, 0.1) is 5.82 Å². The highest BCUT2D eigenvalue weighted by Gasteiger charge is 2.26. The number of anilines is 2. The van der Waals surface area contributed by atoms with Crippen LogP contribution in [0.2, 0.25) is 0 Å². The van der Waals surface area contributed by atoms with Crippen LogP contribution >= 0.6 is 0 Å². The molecular formula is C27H31FN4O3. The van der Waals surface area contributed by atoms with Crippen molar-refractivity contribution in [3.63, 3.8) is 0 Å². The van der Waals surface area contributed by atoms with Gasteiger partial charge in [0.25, 0.3) is 5.91 Å². The lowest BCUT2D eigenvalue weighted by molar-refractivity contribution is 0.0509. The van der Waals surface area contributed by atoms with Gasteiger partial charge in [-0.3, -0.25) is 4.79 Å². The van der Waals surface area contributed by atoms with Crippen molar-refractivity contribution in [3.8, 4) is 11.1 Å². The van der Waals surface area contributed by atoms with Gasteiger partial charge in [0, 0.05) is 20.1 Å². The molecule has 1 fully saturated rings. The van der Waals surface area contributed by atoms with Crippen molar-refractivity contribution in [1.29, 1.82) is 0 Å². The number of alkyl carbamates (subject to hydrolysis) is 1. The van der Waals surface area contributed by atoms with E-state index in [4.69, 9.17) is 4.74 Å². The summed E-state index contributed by atoms with van der Waals surface area (Å²) in [5.41, 5.74) is 2.34. The summed E-state index contributed by atoms with van der Waals surface area (Å²) >= 11 is 0. The Bertz CT molecular complexity index is 1180. The predicted octanol–water partition coefficient (Wildman–Crippen LogP) is 5.49. The van der Waals surface area contributed by atoms with E-state index in [0.717, 1.165) is 29.9 Å². The molecule has 0 spiro atoms. The van der Waals surface area contributed by atoms with Gasteiger partial charge in [-0.05, 0) is 74.7 Å². The van der Waals surface area contributed by atoms with Crippen LogP contribution in [0.5, 0.6) is 0 Å². The Morgan fingerprint density at radius 3 is 2.29 bits per heavy atom. The SMILES string of the molecule is CC(C)(C)OC(=O)NC1CCN(c2ccc(NC(=O)c3ccc(-c4ccc(F)cc4)cc3)cn2)C1.[HH]. The maximum atomic E-state index is 13.1. The third-order valence-corrected chi connectivity index (χ3v) is 5.56. The fraction of sp³-hybridized carbons (Fsp3) is 0.296. The van der Waals surface area contributed by atoms with Crippen LogP contribution in [0.1, 0.15) is 39.0 Å². The number of halogens is 1. The van der Waals surface area contributed by atoms with E-state index < -0.39 is 11.7 Å². The molecule has 1 unspecified atom stereocenters. The molecule has 1 atom stereocenters. The highest BCUT2D eigenvalue weighted by Crippen LogP contribution is 2.22. The number of nitrogens with zero attached hydrogens (tertiary/aromatic N) is 2. The third-order valence-electron chi connectivity index (χ3n) is 5.56. The fourth-order valence-corrected chi connectivity index (χ4v) is 3.87. The zero-order valence-electron chi connectivity index (χ0n) is 20.0. The lowest BCUT2D eigenvalue weighted by atomic mass is 10.0. The molecule has 0 saturated carbocycles. The molecule has 1 aromatic heterocycles. The van der Waals surface area contributed by atoms with Gasteiger partial charge in [-0.25, -0.2) is 14.2 Å². The van der Waals surface area contributed by atoms with E-state index in [1.807, 2.05) is 45.0 Å². The second kappa shape index (κ2) is 10.1. The number of pyridine rings is 1. The fourth-order valence-electron chi connectivity index (χ4n) is 3.87. The van der Waals surface area contributed by atoms with Crippen LogP contribution in [0.4, 0.5) is 20.7 Å². The Hall–Kier alpha value is -3.94. The minimum Gasteiger partial charge on any atom is -0.444 e. The first-order chi connectivity index (χ1) is 16.7. The molecule has 0 aliphatic carbocycles. The molecule has 8 heteroatoms. The maximum absolute atomic E-state index is 13.1. The van der Waals surface area contributed by atoms with Gasteiger partial charge in [0.1, 0.15) is 17.2 Å². The van der Waals surface area contributed by atoms with Crippen molar-refractivity contribution in [2.75, 3.05) is 23.3 Å². The second-order valence-corrected chi connectivity index (χ2v) is 9.52. The van der Waals surface area contributed by atoms with Crippen LogP contribution in [-0.4, -0.2) is 41.7 Å². The number of carbonyl (C=O) groups excluding carboxylic acids is 2. The van der Waals surface area contributed by atoms with Gasteiger partial charge in [-0.15, -0.1) is 0 Å². The highest BCUT2D eigenvalue weighted by molar-refractivity contribution is 6.04. The van der Waals surface area contributed by atoms with Gasteiger partial charge < -0.3 is 20.3 Å². The summed E-state index contributed by atoms with van der Waals surface area (Å²) in [5.74, 6) is 0.250. The number of hydrogen-bond donors (Lipinski definition) is 2. The van der Waals surface area contributed by atoms with E-state index in [2.05, 4.69) is 20.5 Å². The summed E-state index contributed by atoms with van der Waals surface area (Å²) in [4.78, 5) is 31.2. The average molecular weight is 479 g/mol. The topological polar surface area (TPSA) is 83.6 Å². The molecule has 0 bridgehead atoms. The lowest BCUT2D eigenvalue weighted by Gasteiger charge is -2.22. The highest BCUT2D eigenvalue weighted by atomic mass is 19.1. The molecule has 0 radical (unpaired) electrons. The molecule has 2 N–H and O–H groups in total. The van der Waals surface area contributed by atoms with E-state index in [0.29, 0.717) is 17.8 Å². The monoisotopic (exact) mass is 478 g/mol. The van der Waals surface area contributed by atoms with Gasteiger partial charge in [-0.1, -0.05) is 24.3 Å². The van der Waals surface area contributed by atoms with Gasteiger partial charge in [-0.2, -0.15) is 0 Å². The van der Waals surface area contributed by atoms with Crippen molar-refractivity contribution in [3.05, 3.63) is 78.2 Å². The Morgan fingerprint density at radius 2 is 1.69 bits per heavy atom. The molecule has 35 heavy (non-hydrogen) atoms. The predicted molar refractivity (Wildman–Crippen MR) is 136 cm³/mol. The number of ether oxygens (including phenoxy) is 1. The van der Waals surface area contributed by atoms with Crippen molar-refractivity contribution >= 4 is 23.5 Å². The normalized spacial score (nSPS) is 15.5. The van der Waals surface area contributed by atoms with Crippen molar-refractivity contribution in [1.82, 2.24) is 10.3 Å². The first-order valence-electron chi connectivity index (χ1n) is 11.5. The second-order valence-electron chi connectivity index (χ2n) is 9.52. The molecule has 4 rings (SSSR count). The molecule has 184 valence electrons. The summed E-state index contributed by atoms with van der Waals surface area (Å²) in [6.07, 6.45) is 2.00. The van der Waals surface area contributed by atoms with E-state index >= 15 is 0 Å². The average Bonchev–Trinajstić information content (AvgIpc) is 3.27. The summed E-state index contributed by atoms with van der Waals surface area (Å²) in [6, 6.07) is 17.0. The van der Waals surface area contributed by atoms with E-state index in [1.165, 1.54) is 12.1 Å². The zero-order chi connectivity index (χ0) is 25.0. The van der Waals surface area contributed by atoms with Crippen LogP contribution in [0.25, 0.3) is 11.1 Å². The van der Waals surface area contributed by atoms with E-state index in [-0.39, 0.29) is 19.2 Å². The number of amides is 2. The molecular weight excluding hydrogens is 447 g/mol. The largest absolute Gasteiger partial charge is 0.444 e. The summed E-state index contributed by atoms with van der Waals surface area (Å²) in [7, 11) is 0. The number of carbonyl (C=O) groups is 2. The van der Waals surface area contributed by atoms with E-state index in [9.17, 15) is 14.0 Å². The minimum atomic E-state index is -0.533. The standard InChI is InChI=1S/C27H29FN4O3.H2/c1-27(2,3)35-26(34)31-23-14-15-32(17-23)24-13-12-22(16-29-24)30-25(33)20-6-4-18(5-7-20)19-8-10-21(28)11-9-19;/h4-13,16,23H,14-15,17H2,1-3H3,(H,30,33)(H,31,34);1H. The first-order valence-corrected chi connectivity index (χ1v) is 11.5. The summed E-state index contributed by atoms with van der Waals surface area (Å²) in [5, 5.41) is 5.76. The number of rotatable bonds is 5. The van der Waals surface area contributed by atoms with E-state index in [1.54, 1.807) is 30.5 Å². The number of nitrogens with one attached hydrogen (secondary N) is 2. The quantitative estimate of drug-likeness (QED) is 0.507. The number of hydrogen-bond acceptors (Lipinski definition) is 5. The Labute approximate surface area is 205 Å². The van der Waals surface area contributed by atoms with Crippen LogP contribution < -0.4 is 15.5 Å². The summed E-state index contributed by atoms with van der Waals surface area (Å²) < 4.78 is 18.4.